The van der Waals surface area contributed by atoms with Crippen LogP contribution in [-0.2, 0) is 7.05 Å². The summed E-state index contributed by atoms with van der Waals surface area (Å²) in [4.78, 5) is 19.4. The van der Waals surface area contributed by atoms with Crippen molar-refractivity contribution in [2.45, 2.75) is 0 Å². The lowest BCUT2D eigenvalue weighted by Crippen LogP contribution is -2.14. The minimum atomic E-state index is -0.0804. The SMILES string of the molecule is COc1cc2nc(-c3ccn(C)c(=O)c3)[nH]c2cc1OC. The third kappa shape index (κ3) is 2.24. The molecule has 1 aromatic carbocycles. The number of ether oxygens (including phenoxy) is 2. The molecule has 2 aromatic heterocycles. The van der Waals surface area contributed by atoms with Gasteiger partial charge in [-0.05, 0) is 6.07 Å². The molecule has 0 aliphatic rings. The van der Waals surface area contributed by atoms with Crippen LogP contribution in [0.25, 0.3) is 22.4 Å². The van der Waals surface area contributed by atoms with Gasteiger partial charge in [-0.15, -0.1) is 0 Å². The minimum absolute atomic E-state index is 0.0804. The van der Waals surface area contributed by atoms with Gasteiger partial charge in [0.1, 0.15) is 5.82 Å². The summed E-state index contributed by atoms with van der Waals surface area (Å²) in [5, 5.41) is 0. The van der Waals surface area contributed by atoms with Gasteiger partial charge in [0.15, 0.2) is 11.5 Å². The van der Waals surface area contributed by atoms with Crippen molar-refractivity contribution in [1.82, 2.24) is 14.5 Å². The molecule has 3 aromatic rings. The van der Waals surface area contributed by atoms with Crippen molar-refractivity contribution in [3.8, 4) is 22.9 Å². The van der Waals surface area contributed by atoms with Crippen LogP contribution in [0.15, 0.2) is 35.3 Å². The van der Waals surface area contributed by atoms with E-state index in [-0.39, 0.29) is 5.56 Å². The lowest BCUT2D eigenvalue weighted by molar-refractivity contribution is 0.356. The number of benzene rings is 1. The van der Waals surface area contributed by atoms with Gasteiger partial charge in [0.25, 0.3) is 5.56 Å². The molecule has 0 unspecified atom stereocenters. The van der Waals surface area contributed by atoms with Crippen molar-refractivity contribution in [3.63, 3.8) is 0 Å². The standard InChI is InChI=1S/C15H15N3O3/c1-18-5-4-9(6-14(18)19)15-16-10-7-12(20-2)13(21-3)8-11(10)17-15/h4-8H,1-3H3,(H,16,17). The number of nitrogens with zero attached hydrogens (tertiary/aromatic N) is 2. The summed E-state index contributed by atoms with van der Waals surface area (Å²) in [7, 11) is 4.88. The third-order valence-corrected chi connectivity index (χ3v) is 3.36. The predicted octanol–water partition coefficient (Wildman–Crippen LogP) is 1.95. The molecule has 0 amide bonds. The Bertz CT molecular complexity index is 823. The van der Waals surface area contributed by atoms with Gasteiger partial charge in [0, 0.05) is 37.0 Å². The van der Waals surface area contributed by atoms with E-state index >= 15 is 0 Å². The van der Waals surface area contributed by atoms with E-state index in [2.05, 4.69) is 9.97 Å². The van der Waals surface area contributed by atoms with Gasteiger partial charge in [-0.1, -0.05) is 0 Å². The lowest BCUT2D eigenvalue weighted by atomic mass is 10.2. The highest BCUT2D eigenvalue weighted by molar-refractivity contribution is 5.83. The zero-order chi connectivity index (χ0) is 15.0. The molecule has 0 saturated carbocycles. The number of aryl methyl sites for hydroxylation is 1. The topological polar surface area (TPSA) is 69.1 Å². The highest BCUT2D eigenvalue weighted by Crippen LogP contribution is 2.32. The second-order valence-corrected chi connectivity index (χ2v) is 4.67. The first kappa shape index (κ1) is 13.2. The van der Waals surface area contributed by atoms with Crippen molar-refractivity contribution < 1.29 is 9.47 Å². The molecule has 21 heavy (non-hydrogen) atoms. The van der Waals surface area contributed by atoms with Crippen LogP contribution >= 0.6 is 0 Å². The second-order valence-electron chi connectivity index (χ2n) is 4.67. The largest absolute Gasteiger partial charge is 0.493 e. The van der Waals surface area contributed by atoms with Gasteiger partial charge in [-0.25, -0.2) is 4.98 Å². The zero-order valence-electron chi connectivity index (χ0n) is 12.0. The lowest BCUT2D eigenvalue weighted by Gasteiger charge is -2.06. The molecular formula is C15H15N3O3. The maximum Gasteiger partial charge on any atom is 0.250 e. The summed E-state index contributed by atoms with van der Waals surface area (Å²) in [6.45, 7) is 0. The first-order valence-electron chi connectivity index (χ1n) is 6.41. The van der Waals surface area contributed by atoms with Crippen molar-refractivity contribution in [3.05, 3.63) is 40.8 Å². The van der Waals surface area contributed by atoms with Crippen LogP contribution in [0.4, 0.5) is 0 Å². The molecule has 6 nitrogen and oxygen atoms in total. The number of H-pyrrole nitrogens is 1. The van der Waals surface area contributed by atoms with E-state index in [0.29, 0.717) is 17.3 Å². The van der Waals surface area contributed by atoms with Crippen LogP contribution in [0.2, 0.25) is 0 Å². The number of rotatable bonds is 3. The van der Waals surface area contributed by atoms with Crippen LogP contribution in [0.5, 0.6) is 11.5 Å². The molecule has 108 valence electrons. The number of hydrogen-bond donors (Lipinski definition) is 1. The predicted molar refractivity (Wildman–Crippen MR) is 79.9 cm³/mol. The number of fused-ring (bicyclic) bond motifs is 1. The van der Waals surface area contributed by atoms with E-state index < -0.39 is 0 Å². The molecule has 0 fully saturated rings. The van der Waals surface area contributed by atoms with E-state index in [9.17, 15) is 4.79 Å². The maximum atomic E-state index is 11.7. The summed E-state index contributed by atoms with van der Waals surface area (Å²) in [6, 6.07) is 7.01. The Kier molecular flexibility index (Phi) is 3.13. The average Bonchev–Trinajstić information content (AvgIpc) is 2.91. The van der Waals surface area contributed by atoms with Crippen molar-refractivity contribution >= 4 is 11.0 Å². The fourth-order valence-corrected chi connectivity index (χ4v) is 2.17. The van der Waals surface area contributed by atoms with Crippen molar-refractivity contribution in [1.29, 1.82) is 0 Å². The van der Waals surface area contributed by atoms with Crippen LogP contribution < -0.4 is 15.0 Å². The Morgan fingerprint density at radius 2 is 1.86 bits per heavy atom. The van der Waals surface area contributed by atoms with E-state index in [4.69, 9.17) is 9.47 Å². The van der Waals surface area contributed by atoms with Gasteiger partial charge in [0.05, 0.1) is 25.3 Å². The van der Waals surface area contributed by atoms with Gasteiger partial charge in [-0.2, -0.15) is 0 Å². The molecule has 0 aliphatic heterocycles. The molecule has 0 radical (unpaired) electrons. The Balaban J connectivity index is 2.16. The summed E-state index contributed by atoms with van der Waals surface area (Å²) >= 11 is 0. The van der Waals surface area contributed by atoms with E-state index in [1.165, 1.54) is 4.57 Å². The molecule has 2 heterocycles. The van der Waals surface area contributed by atoms with Crippen molar-refractivity contribution in [2.75, 3.05) is 14.2 Å². The van der Waals surface area contributed by atoms with Crippen LogP contribution in [0, 0.1) is 0 Å². The number of aromatic nitrogens is 3. The smallest absolute Gasteiger partial charge is 0.250 e. The second kappa shape index (κ2) is 4.97. The number of pyridine rings is 1. The summed E-state index contributed by atoms with van der Waals surface area (Å²) in [5.41, 5.74) is 2.24. The number of hydrogen-bond acceptors (Lipinski definition) is 4. The van der Waals surface area contributed by atoms with Crippen LogP contribution in [0.1, 0.15) is 0 Å². The fourth-order valence-electron chi connectivity index (χ4n) is 2.17. The van der Waals surface area contributed by atoms with Gasteiger partial charge < -0.3 is 19.0 Å². The van der Waals surface area contributed by atoms with Gasteiger partial charge in [-0.3, -0.25) is 4.79 Å². The van der Waals surface area contributed by atoms with Crippen LogP contribution in [-0.4, -0.2) is 28.8 Å². The monoisotopic (exact) mass is 285 g/mol. The normalized spacial score (nSPS) is 10.8. The Morgan fingerprint density at radius 1 is 1.14 bits per heavy atom. The van der Waals surface area contributed by atoms with Gasteiger partial charge in [0.2, 0.25) is 0 Å². The number of aromatic amines is 1. The first-order chi connectivity index (χ1) is 10.1. The molecular weight excluding hydrogens is 270 g/mol. The molecule has 1 N–H and O–H groups in total. The Morgan fingerprint density at radius 3 is 2.52 bits per heavy atom. The third-order valence-electron chi connectivity index (χ3n) is 3.36. The number of imidazole rings is 1. The minimum Gasteiger partial charge on any atom is -0.493 e. The van der Waals surface area contributed by atoms with Gasteiger partial charge >= 0.3 is 0 Å². The molecule has 0 spiro atoms. The Hall–Kier alpha value is -2.76. The maximum absolute atomic E-state index is 11.7. The highest BCUT2D eigenvalue weighted by atomic mass is 16.5. The van der Waals surface area contributed by atoms with Crippen molar-refractivity contribution in [2.24, 2.45) is 7.05 Å². The molecule has 3 rings (SSSR count). The number of methoxy groups -OCH3 is 2. The summed E-state index contributed by atoms with van der Waals surface area (Å²) < 4.78 is 12.0. The number of nitrogens with one attached hydrogen (secondary N) is 1. The molecule has 0 saturated heterocycles. The van der Waals surface area contributed by atoms with E-state index in [1.54, 1.807) is 39.6 Å². The first-order valence-corrected chi connectivity index (χ1v) is 6.41. The quantitative estimate of drug-likeness (QED) is 0.798. The summed E-state index contributed by atoms with van der Waals surface area (Å²) in [6.07, 6.45) is 1.71. The molecule has 0 atom stereocenters. The summed E-state index contributed by atoms with van der Waals surface area (Å²) in [5.74, 6) is 1.88. The highest BCUT2D eigenvalue weighted by Gasteiger charge is 2.11. The van der Waals surface area contributed by atoms with E-state index in [1.807, 2.05) is 12.1 Å². The fraction of sp³-hybridized carbons (Fsp3) is 0.200. The molecule has 0 aliphatic carbocycles. The van der Waals surface area contributed by atoms with Crippen LogP contribution in [0.3, 0.4) is 0 Å². The average molecular weight is 285 g/mol. The zero-order valence-corrected chi connectivity index (χ0v) is 12.0. The van der Waals surface area contributed by atoms with E-state index in [0.717, 1.165) is 16.6 Å². The molecule has 0 bridgehead atoms. The molecule has 6 heteroatoms. The Labute approximate surface area is 121 Å².